The van der Waals surface area contributed by atoms with Gasteiger partial charge in [0.1, 0.15) is 0 Å². The molecule has 0 atom stereocenters. The highest BCUT2D eigenvalue weighted by Crippen LogP contribution is 2.16. The van der Waals surface area contributed by atoms with E-state index in [9.17, 15) is 14.4 Å². The molecule has 1 heterocycles. The summed E-state index contributed by atoms with van der Waals surface area (Å²) in [5, 5.41) is 0. The van der Waals surface area contributed by atoms with E-state index in [4.69, 9.17) is 5.84 Å². The van der Waals surface area contributed by atoms with Gasteiger partial charge in [0.2, 0.25) is 11.8 Å². The minimum Gasteiger partial charge on any atom is -0.290 e. The fourth-order valence-electron chi connectivity index (χ4n) is 1.83. The van der Waals surface area contributed by atoms with Crippen LogP contribution in [0.4, 0.5) is 0 Å². The first kappa shape index (κ1) is 12.3. The quantitative estimate of drug-likeness (QED) is 0.339. The number of nitrogens with one attached hydrogen (secondary N) is 1. The van der Waals surface area contributed by atoms with Gasteiger partial charge in [-0.15, -0.1) is 0 Å². The molecule has 0 unspecified atom stereocenters. The summed E-state index contributed by atoms with van der Waals surface area (Å²) in [6.45, 7) is 0.252. The van der Waals surface area contributed by atoms with Gasteiger partial charge in [0, 0.05) is 18.4 Å². The molecule has 1 saturated heterocycles. The highest BCUT2D eigenvalue weighted by molar-refractivity contribution is 6.01. The molecule has 2 rings (SSSR count). The fourth-order valence-corrected chi connectivity index (χ4v) is 1.83. The number of nitrogens with two attached hydrogens (primary N) is 1. The van der Waals surface area contributed by atoms with Crippen LogP contribution in [0.1, 0.15) is 28.8 Å². The summed E-state index contributed by atoms with van der Waals surface area (Å²) in [4.78, 5) is 35.3. The predicted molar refractivity (Wildman–Crippen MR) is 62.9 cm³/mol. The van der Waals surface area contributed by atoms with Crippen LogP contribution >= 0.6 is 0 Å². The number of benzene rings is 1. The van der Waals surface area contributed by atoms with E-state index in [1.165, 1.54) is 4.90 Å². The van der Waals surface area contributed by atoms with Crippen LogP contribution in [0.5, 0.6) is 0 Å². The molecule has 94 valence electrons. The average Bonchev–Trinajstić information content (AvgIpc) is 2.70. The second kappa shape index (κ2) is 4.97. The molecule has 0 spiro atoms. The van der Waals surface area contributed by atoms with Gasteiger partial charge in [0.15, 0.2) is 0 Å². The lowest BCUT2D eigenvalue weighted by atomic mass is 10.1. The third kappa shape index (κ3) is 2.38. The summed E-state index contributed by atoms with van der Waals surface area (Å²) in [7, 11) is 0. The molecule has 1 aromatic carbocycles. The first-order chi connectivity index (χ1) is 8.61. The zero-order chi connectivity index (χ0) is 13.1. The number of imide groups is 1. The zero-order valence-corrected chi connectivity index (χ0v) is 9.68. The molecule has 1 aliphatic rings. The van der Waals surface area contributed by atoms with Crippen molar-refractivity contribution in [3.63, 3.8) is 0 Å². The van der Waals surface area contributed by atoms with Crippen LogP contribution < -0.4 is 11.3 Å². The van der Waals surface area contributed by atoms with Crippen molar-refractivity contribution >= 4 is 17.7 Å². The van der Waals surface area contributed by atoms with Gasteiger partial charge < -0.3 is 0 Å². The van der Waals surface area contributed by atoms with Crippen molar-refractivity contribution < 1.29 is 14.4 Å². The normalized spacial score (nSPS) is 15.1. The van der Waals surface area contributed by atoms with Crippen molar-refractivity contribution in [1.82, 2.24) is 10.3 Å². The number of hydrogen-bond acceptors (Lipinski definition) is 4. The number of hydrazine groups is 1. The van der Waals surface area contributed by atoms with Crippen LogP contribution in [0.25, 0.3) is 0 Å². The van der Waals surface area contributed by atoms with Crippen LogP contribution in [0.15, 0.2) is 24.3 Å². The Morgan fingerprint density at radius 1 is 1.17 bits per heavy atom. The summed E-state index contributed by atoms with van der Waals surface area (Å²) in [6.07, 6.45) is 0.568. The third-order valence-corrected chi connectivity index (χ3v) is 2.84. The van der Waals surface area contributed by atoms with Crippen molar-refractivity contribution in [3.05, 3.63) is 35.4 Å². The molecule has 3 amide bonds. The van der Waals surface area contributed by atoms with Crippen LogP contribution in [0, 0.1) is 0 Å². The molecule has 3 N–H and O–H groups in total. The molecule has 1 aromatic rings. The summed E-state index contributed by atoms with van der Waals surface area (Å²) in [5.41, 5.74) is 3.26. The largest absolute Gasteiger partial charge is 0.290 e. The smallest absolute Gasteiger partial charge is 0.265 e. The molecule has 1 aliphatic heterocycles. The third-order valence-electron chi connectivity index (χ3n) is 2.84. The van der Waals surface area contributed by atoms with E-state index in [0.717, 1.165) is 5.56 Å². The number of carbonyl (C=O) groups is 3. The summed E-state index contributed by atoms with van der Waals surface area (Å²) < 4.78 is 0. The number of likely N-dealkylation sites (tertiary alicyclic amines) is 1. The summed E-state index contributed by atoms with van der Waals surface area (Å²) >= 11 is 0. The molecule has 0 saturated carbocycles. The molecular formula is C12H13N3O3. The first-order valence-electron chi connectivity index (χ1n) is 5.55. The lowest BCUT2D eigenvalue weighted by Crippen LogP contribution is -2.30. The number of carbonyl (C=O) groups excluding carboxylic acids is 3. The van der Waals surface area contributed by atoms with E-state index in [-0.39, 0.29) is 37.1 Å². The molecule has 0 aliphatic carbocycles. The Labute approximate surface area is 104 Å². The summed E-state index contributed by atoms with van der Waals surface area (Å²) in [6, 6.07) is 6.60. The van der Waals surface area contributed by atoms with E-state index in [1.807, 2.05) is 5.43 Å². The highest BCUT2D eigenvalue weighted by Gasteiger charge is 2.28. The maximum Gasteiger partial charge on any atom is 0.265 e. The predicted octanol–water partition coefficient (Wildman–Crippen LogP) is -0.0609. The van der Waals surface area contributed by atoms with Crippen LogP contribution in [0.3, 0.4) is 0 Å². The second-order valence-corrected chi connectivity index (χ2v) is 4.04. The Bertz CT molecular complexity index is 480. The Kier molecular flexibility index (Phi) is 3.38. The van der Waals surface area contributed by atoms with Gasteiger partial charge in [-0.1, -0.05) is 12.1 Å². The van der Waals surface area contributed by atoms with E-state index < -0.39 is 0 Å². The van der Waals surface area contributed by atoms with E-state index >= 15 is 0 Å². The lowest BCUT2D eigenvalue weighted by Gasteiger charge is -2.13. The Balaban J connectivity index is 2.09. The SMILES string of the molecule is NNC(=O)c1ccc(CN2C(=O)CCC2=O)cc1. The van der Waals surface area contributed by atoms with Gasteiger partial charge >= 0.3 is 0 Å². The topological polar surface area (TPSA) is 92.5 Å². The van der Waals surface area contributed by atoms with Crippen molar-refractivity contribution in [2.75, 3.05) is 0 Å². The molecule has 18 heavy (non-hydrogen) atoms. The van der Waals surface area contributed by atoms with Gasteiger partial charge in [0.25, 0.3) is 5.91 Å². The van der Waals surface area contributed by atoms with Gasteiger partial charge in [-0.05, 0) is 17.7 Å². The van der Waals surface area contributed by atoms with E-state index in [1.54, 1.807) is 24.3 Å². The van der Waals surface area contributed by atoms with Gasteiger partial charge in [0.05, 0.1) is 6.54 Å². The monoisotopic (exact) mass is 247 g/mol. The lowest BCUT2D eigenvalue weighted by molar-refractivity contribution is -0.139. The van der Waals surface area contributed by atoms with Gasteiger partial charge in [-0.25, -0.2) is 5.84 Å². The minimum absolute atomic E-state index is 0.149. The fraction of sp³-hybridized carbons (Fsp3) is 0.250. The van der Waals surface area contributed by atoms with Crippen molar-refractivity contribution in [3.8, 4) is 0 Å². The number of nitrogens with zero attached hydrogens (tertiary/aromatic N) is 1. The zero-order valence-electron chi connectivity index (χ0n) is 9.68. The molecule has 1 fully saturated rings. The maximum absolute atomic E-state index is 11.4. The number of amides is 3. The van der Waals surface area contributed by atoms with E-state index in [2.05, 4.69) is 0 Å². The second-order valence-electron chi connectivity index (χ2n) is 4.04. The Hall–Kier alpha value is -2.21. The highest BCUT2D eigenvalue weighted by atomic mass is 16.2. The summed E-state index contributed by atoms with van der Waals surface area (Å²) in [5.74, 6) is 4.34. The van der Waals surface area contributed by atoms with Gasteiger partial charge in [-0.3, -0.25) is 24.7 Å². The van der Waals surface area contributed by atoms with Crippen molar-refractivity contribution in [2.45, 2.75) is 19.4 Å². The molecular weight excluding hydrogens is 234 g/mol. The average molecular weight is 247 g/mol. The van der Waals surface area contributed by atoms with Crippen molar-refractivity contribution in [2.24, 2.45) is 5.84 Å². The molecule has 0 aromatic heterocycles. The molecule has 6 heteroatoms. The molecule has 6 nitrogen and oxygen atoms in total. The number of rotatable bonds is 3. The first-order valence-corrected chi connectivity index (χ1v) is 5.55. The Morgan fingerprint density at radius 2 is 1.72 bits per heavy atom. The molecule has 0 bridgehead atoms. The van der Waals surface area contributed by atoms with Crippen molar-refractivity contribution in [1.29, 1.82) is 0 Å². The van der Waals surface area contributed by atoms with Crippen LogP contribution in [-0.4, -0.2) is 22.6 Å². The number of nitrogen functional groups attached to an aromatic ring is 1. The van der Waals surface area contributed by atoms with E-state index in [0.29, 0.717) is 5.56 Å². The van der Waals surface area contributed by atoms with Gasteiger partial charge in [-0.2, -0.15) is 0 Å². The standard InChI is InChI=1S/C12H13N3O3/c13-14-12(18)9-3-1-8(2-4-9)7-15-10(16)5-6-11(15)17/h1-4H,5-7,13H2,(H,14,18). The number of hydrogen-bond donors (Lipinski definition) is 2. The Morgan fingerprint density at radius 3 is 2.22 bits per heavy atom. The van der Waals surface area contributed by atoms with Crippen LogP contribution in [-0.2, 0) is 16.1 Å². The minimum atomic E-state index is -0.380. The maximum atomic E-state index is 11.4. The molecule has 0 radical (unpaired) electrons. The van der Waals surface area contributed by atoms with Crippen LogP contribution in [0.2, 0.25) is 0 Å².